The van der Waals surface area contributed by atoms with E-state index in [2.05, 4.69) is 4.72 Å². The Labute approximate surface area is 217 Å². The van der Waals surface area contributed by atoms with E-state index in [0.717, 1.165) is 5.56 Å². The third kappa shape index (κ3) is 6.37. The number of carbonyl (C=O) groups excluding carboxylic acids is 1. The summed E-state index contributed by atoms with van der Waals surface area (Å²) >= 11 is 0. The van der Waals surface area contributed by atoms with E-state index in [9.17, 15) is 21.6 Å². The van der Waals surface area contributed by atoms with Gasteiger partial charge in [-0.25, -0.2) is 21.6 Å². The van der Waals surface area contributed by atoms with Crippen LogP contribution in [0.3, 0.4) is 0 Å². The first-order chi connectivity index (χ1) is 17.6. The Morgan fingerprint density at radius 2 is 1.68 bits per heavy atom. The molecule has 4 rings (SSSR count). The molecule has 0 bridgehead atoms. The topological polar surface area (TPSA) is 117 Å². The van der Waals surface area contributed by atoms with Crippen molar-refractivity contribution in [2.75, 3.05) is 26.2 Å². The molecule has 1 aliphatic heterocycles. The van der Waals surface area contributed by atoms with Gasteiger partial charge < -0.3 is 9.32 Å². The molecular weight excluding hydrogens is 514 g/mol. The summed E-state index contributed by atoms with van der Waals surface area (Å²) in [6.45, 7) is 4.74. The van der Waals surface area contributed by atoms with Crippen molar-refractivity contribution in [3.8, 4) is 0 Å². The third-order valence-corrected chi connectivity index (χ3v) is 9.60. The number of aryl methyl sites for hydroxylation is 2. The van der Waals surface area contributed by atoms with Gasteiger partial charge in [0.15, 0.2) is 0 Å². The number of rotatable bonds is 8. The molecule has 9 nitrogen and oxygen atoms in total. The van der Waals surface area contributed by atoms with E-state index < -0.39 is 20.0 Å². The molecule has 1 fully saturated rings. The fourth-order valence-electron chi connectivity index (χ4n) is 4.07. The van der Waals surface area contributed by atoms with Crippen molar-refractivity contribution >= 4 is 32.0 Å². The number of hydrogen-bond acceptors (Lipinski definition) is 6. The van der Waals surface area contributed by atoms with Crippen molar-refractivity contribution in [3.05, 3.63) is 89.4 Å². The van der Waals surface area contributed by atoms with E-state index in [4.69, 9.17) is 4.42 Å². The van der Waals surface area contributed by atoms with Crippen LogP contribution in [0.2, 0.25) is 0 Å². The Hall–Kier alpha value is -3.25. The summed E-state index contributed by atoms with van der Waals surface area (Å²) in [6.07, 6.45) is 4.49. The van der Waals surface area contributed by atoms with Gasteiger partial charge in [-0.2, -0.15) is 4.31 Å². The highest BCUT2D eigenvalue weighted by Crippen LogP contribution is 2.22. The van der Waals surface area contributed by atoms with Crippen LogP contribution in [0, 0.1) is 13.8 Å². The van der Waals surface area contributed by atoms with Crippen LogP contribution in [-0.4, -0.2) is 58.1 Å². The standard InChI is InChI=1S/C26H29N3O6S2/c1-20-5-11-25(21(2)18-20)37(33,34)29-15-13-28(14-16-29)26(30)12-8-22-6-9-24(10-7-22)36(31,32)27-19-23-4-3-17-35-23/h3-12,17-18,27H,13-16,19H2,1-2H3. The Balaban J connectivity index is 1.32. The minimum absolute atomic E-state index is 0.0463. The summed E-state index contributed by atoms with van der Waals surface area (Å²) in [4.78, 5) is 14.7. The monoisotopic (exact) mass is 543 g/mol. The lowest BCUT2D eigenvalue weighted by Crippen LogP contribution is -2.50. The highest BCUT2D eigenvalue weighted by atomic mass is 32.2. The Kier molecular flexibility index (Phi) is 7.98. The number of sulfonamides is 2. The quantitative estimate of drug-likeness (QED) is 0.437. The van der Waals surface area contributed by atoms with Gasteiger partial charge in [-0.3, -0.25) is 4.79 Å². The number of hydrogen-bond donors (Lipinski definition) is 1. The Bertz CT molecular complexity index is 1490. The van der Waals surface area contributed by atoms with Gasteiger partial charge in [-0.05, 0) is 61.4 Å². The van der Waals surface area contributed by atoms with Crippen LogP contribution in [0.1, 0.15) is 22.5 Å². The van der Waals surface area contributed by atoms with E-state index in [0.29, 0.717) is 21.8 Å². The number of nitrogens with zero attached hydrogens (tertiary/aromatic N) is 2. The molecule has 1 N–H and O–H groups in total. The van der Waals surface area contributed by atoms with Crippen molar-refractivity contribution in [1.29, 1.82) is 0 Å². The van der Waals surface area contributed by atoms with Gasteiger partial charge in [-0.1, -0.05) is 29.8 Å². The highest BCUT2D eigenvalue weighted by molar-refractivity contribution is 7.89. The van der Waals surface area contributed by atoms with Gasteiger partial charge in [-0.15, -0.1) is 0 Å². The maximum absolute atomic E-state index is 13.1. The molecule has 3 aromatic rings. The number of benzene rings is 2. The smallest absolute Gasteiger partial charge is 0.246 e. The Morgan fingerprint density at radius 1 is 0.973 bits per heavy atom. The lowest BCUT2D eigenvalue weighted by atomic mass is 10.2. The van der Waals surface area contributed by atoms with Crippen LogP contribution in [0.15, 0.2) is 81.1 Å². The summed E-state index contributed by atoms with van der Waals surface area (Å²) in [6, 6.07) is 14.8. The van der Waals surface area contributed by atoms with Gasteiger partial charge in [0.1, 0.15) is 5.76 Å². The molecule has 0 unspecified atom stereocenters. The fraction of sp³-hybridized carbons (Fsp3) is 0.269. The van der Waals surface area contributed by atoms with Crippen molar-refractivity contribution < 1.29 is 26.0 Å². The lowest BCUT2D eigenvalue weighted by molar-refractivity contribution is -0.127. The van der Waals surface area contributed by atoms with E-state index in [-0.39, 0.29) is 43.5 Å². The SMILES string of the molecule is Cc1ccc(S(=O)(=O)N2CCN(C(=O)C=Cc3ccc(S(=O)(=O)NCc4ccco4)cc3)CC2)c(C)c1. The first kappa shape index (κ1) is 26.8. The first-order valence-corrected chi connectivity index (χ1v) is 14.6. The maximum Gasteiger partial charge on any atom is 0.246 e. The lowest BCUT2D eigenvalue weighted by Gasteiger charge is -2.33. The first-order valence-electron chi connectivity index (χ1n) is 11.7. The fourth-order valence-corrected chi connectivity index (χ4v) is 6.69. The van der Waals surface area contributed by atoms with Crippen molar-refractivity contribution in [1.82, 2.24) is 13.9 Å². The van der Waals surface area contributed by atoms with Crippen molar-refractivity contribution in [2.24, 2.45) is 0 Å². The van der Waals surface area contributed by atoms with Gasteiger partial charge in [0.2, 0.25) is 26.0 Å². The number of furan rings is 1. The minimum Gasteiger partial charge on any atom is -0.468 e. The average Bonchev–Trinajstić information content (AvgIpc) is 3.40. The average molecular weight is 544 g/mol. The molecular formula is C26H29N3O6S2. The molecule has 11 heteroatoms. The van der Waals surface area contributed by atoms with Gasteiger partial charge in [0.05, 0.1) is 22.6 Å². The van der Waals surface area contributed by atoms with Crippen LogP contribution in [0.4, 0.5) is 0 Å². The van der Waals surface area contributed by atoms with Crippen LogP contribution in [0.5, 0.6) is 0 Å². The zero-order chi connectivity index (χ0) is 26.6. The van der Waals surface area contributed by atoms with Gasteiger partial charge in [0, 0.05) is 32.3 Å². The maximum atomic E-state index is 13.1. The summed E-state index contributed by atoms with van der Waals surface area (Å²) < 4.78 is 60.1. The zero-order valence-electron chi connectivity index (χ0n) is 20.6. The molecule has 196 valence electrons. The molecule has 0 spiro atoms. The summed E-state index contributed by atoms with van der Waals surface area (Å²) in [5.41, 5.74) is 2.36. The van der Waals surface area contributed by atoms with Crippen LogP contribution >= 0.6 is 0 Å². The molecule has 2 heterocycles. The van der Waals surface area contributed by atoms with Crippen LogP contribution < -0.4 is 4.72 Å². The van der Waals surface area contributed by atoms with Crippen molar-refractivity contribution in [3.63, 3.8) is 0 Å². The molecule has 0 saturated carbocycles. The zero-order valence-corrected chi connectivity index (χ0v) is 22.3. The molecule has 37 heavy (non-hydrogen) atoms. The molecule has 1 aliphatic rings. The van der Waals surface area contributed by atoms with E-state index in [1.165, 1.54) is 28.8 Å². The minimum atomic E-state index is -3.71. The predicted octanol–water partition coefficient (Wildman–Crippen LogP) is 2.92. The molecule has 0 aliphatic carbocycles. The number of carbonyl (C=O) groups is 1. The molecule has 0 atom stereocenters. The highest BCUT2D eigenvalue weighted by Gasteiger charge is 2.30. The van der Waals surface area contributed by atoms with E-state index >= 15 is 0 Å². The molecule has 1 aromatic heterocycles. The second-order valence-electron chi connectivity index (χ2n) is 8.80. The van der Waals surface area contributed by atoms with Gasteiger partial charge >= 0.3 is 0 Å². The number of amides is 1. The molecule has 0 radical (unpaired) electrons. The van der Waals surface area contributed by atoms with Crippen LogP contribution in [-0.2, 0) is 31.4 Å². The molecule has 2 aromatic carbocycles. The second kappa shape index (κ2) is 11.0. The second-order valence-corrected chi connectivity index (χ2v) is 12.5. The van der Waals surface area contributed by atoms with Gasteiger partial charge in [0.25, 0.3) is 0 Å². The van der Waals surface area contributed by atoms with Crippen LogP contribution in [0.25, 0.3) is 6.08 Å². The largest absolute Gasteiger partial charge is 0.468 e. The summed E-state index contributed by atoms with van der Waals surface area (Å²) in [5.74, 6) is 0.269. The van der Waals surface area contributed by atoms with Crippen molar-refractivity contribution in [2.45, 2.75) is 30.2 Å². The Morgan fingerprint density at radius 3 is 2.30 bits per heavy atom. The molecule has 1 amide bonds. The summed E-state index contributed by atoms with van der Waals surface area (Å²) in [7, 11) is -7.34. The third-order valence-electron chi connectivity index (χ3n) is 6.12. The number of piperazine rings is 1. The molecule has 1 saturated heterocycles. The predicted molar refractivity (Wildman–Crippen MR) is 139 cm³/mol. The summed E-state index contributed by atoms with van der Waals surface area (Å²) in [5, 5.41) is 0. The van der Waals surface area contributed by atoms with E-state index in [1.807, 2.05) is 13.0 Å². The number of nitrogens with one attached hydrogen (secondary N) is 1. The normalized spacial score (nSPS) is 15.4. The van der Waals surface area contributed by atoms with E-state index in [1.54, 1.807) is 54.3 Å².